The highest BCUT2D eigenvalue weighted by atomic mass is 28.4. The zero-order valence-corrected chi connectivity index (χ0v) is 18.2. The smallest absolute Gasteiger partial charge is 0.410 e. The summed E-state index contributed by atoms with van der Waals surface area (Å²) in [5.74, 6) is 0. The largest absolute Gasteiger partial charge is 0.444 e. The number of likely N-dealkylation sites (tertiary alicyclic amines) is 1. The summed E-state index contributed by atoms with van der Waals surface area (Å²) in [5, 5.41) is 3.91. The molecule has 144 valence electrons. The van der Waals surface area contributed by atoms with Gasteiger partial charge in [-0.25, -0.2) is 4.79 Å². The molecule has 1 saturated heterocycles. The normalized spacial score (nSPS) is 23.2. The van der Waals surface area contributed by atoms with Gasteiger partial charge in [-0.1, -0.05) is 32.8 Å². The topological polar surface area (TPSA) is 87.5 Å². The van der Waals surface area contributed by atoms with Crippen molar-refractivity contribution >= 4 is 14.4 Å². The predicted molar refractivity (Wildman–Crippen MR) is 102 cm³/mol. The van der Waals surface area contributed by atoms with Crippen LogP contribution in [0.3, 0.4) is 0 Å². The van der Waals surface area contributed by atoms with Gasteiger partial charge in [-0.15, -0.1) is 0 Å². The Bertz CT molecular complexity index is 533. The van der Waals surface area contributed by atoms with Gasteiger partial charge in [0.2, 0.25) is 0 Å². The summed E-state index contributed by atoms with van der Waals surface area (Å²) in [5.41, 5.74) is 8.28. The van der Waals surface area contributed by atoms with Crippen molar-refractivity contribution in [3.63, 3.8) is 0 Å². The molecule has 0 aromatic rings. The molecule has 0 aliphatic carbocycles. The lowest BCUT2D eigenvalue weighted by Crippen LogP contribution is -2.52. The quantitative estimate of drug-likeness (QED) is 0.299. The van der Waals surface area contributed by atoms with Crippen LogP contribution in [0.1, 0.15) is 54.9 Å². The van der Waals surface area contributed by atoms with Crippen LogP contribution in [-0.2, 0) is 9.16 Å². The molecule has 1 aliphatic rings. The molecular weight excluding hydrogens is 336 g/mol. The lowest BCUT2D eigenvalue weighted by molar-refractivity contribution is 0.0138. The minimum absolute atomic E-state index is 0.0681. The van der Waals surface area contributed by atoms with Crippen LogP contribution in [-0.4, -0.2) is 49.6 Å². The molecule has 1 amide bonds. The third-order valence-electron chi connectivity index (χ3n) is 5.00. The van der Waals surface area contributed by atoms with E-state index in [9.17, 15) is 4.79 Å². The van der Waals surface area contributed by atoms with Crippen LogP contribution in [0.15, 0.2) is 5.11 Å². The second-order valence-corrected chi connectivity index (χ2v) is 14.1. The van der Waals surface area contributed by atoms with Crippen molar-refractivity contribution in [1.29, 1.82) is 0 Å². The first-order valence-electron chi connectivity index (χ1n) is 8.91. The Morgan fingerprint density at radius 3 is 2.28 bits per heavy atom. The lowest BCUT2D eigenvalue weighted by atomic mass is 10.1. The van der Waals surface area contributed by atoms with Gasteiger partial charge in [0.1, 0.15) is 5.60 Å². The number of hydrogen-bond donors (Lipinski definition) is 0. The molecule has 0 N–H and O–H groups in total. The standard InChI is InChI=1S/C17H34N4O3Si/c1-12(19-20-18)14-13(24-25(8,9)17(5,6)7)10-11-21(14)15(22)23-16(2,3)4/h12-14H,10-11H2,1-9H3/t12-,13+,14-/m1/s1. The summed E-state index contributed by atoms with van der Waals surface area (Å²) in [6.45, 7) is 18.8. The molecule has 1 fully saturated rings. The third-order valence-corrected chi connectivity index (χ3v) is 9.51. The van der Waals surface area contributed by atoms with Crippen LogP contribution in [0.2, 0.25) is 18.1 Å². The zero-order chi connectivity index (χ0) is 19.6. The van der Waals surface area contributed by atoms with E-state index in [0.29, 0.717) is 6.54 Å². The van der Waals surface area contributed by atoms with Gasteiger partial charge in [-0.05, 0) is 50.9 Å². The lowest BCUT2D eigenvalue weighted by Gasteiger charge is -2.41. The summed E-state index contributed by atoms with van der Waals surface area (Å²) in [6, 6.07) is -0.685. The molecule has 0 unspecified atom stereocenters. The Kier molecular flexibility index (Phi) is 6.59. The number of carbonyl (C=O) groups is 1. The number of hydrogen-bond acceptors (Lipinski definition) is 4. The van der Waals surface area contributed by atoms with E-state index in [4.69, 9.17) is 14.7 Å². The molecule has 0 aromatic carbocycles. The van der Waals surface area contributed by atoms with Crippen LogP contribution >= 0.6 is 0 Å². The van der Waals surface area contributed by atoms with Crippen molar-refractivity contribution in [2.75, 3.05) is 6.54 Å². The second kappa shape index (κ2) is 7.56. The van der Waals surface area contributed by atoms with Crippen molar-refractivity contribution in [2.24, 2.45) is 5.11 Å². The van der Waals surface area contributed by atoms with E-state index in [2.05, 4.69) is 43.9 Å². The van der Waals surface area contributed by atoms with Crippen LogP contribution in [0.5, 0.6) is 0 Å². The van der Waals surface area contributed by atoms with Crippen molar-refractivity contribution in [3.05, 3.63) is 10.4 Å². The van der Waals surface area contributed by atoms with Gasteiger partial charge < -0.3 is 14.1 Å². The van der Waals surface area contributed by atoms with Gasteiger partial charge in [0.25, 0.3) is 0 Å². The van der Waals surface area contributed by atoms with Gasteiger partial charge in [-0.2, -0.15) is 0 Å². The average molecular weight is 371 g/mol. The molecule has 3 atom stereocenters. The molecule has 0 saturated carbocycles. The fourth-order valence-electron chi connectivity index (χ4n) is 2.73. The second-order valence-electron chi connectivity index (χ2n) is 9.32. The summed E-state index contributed by atoms with van der Waals surface area (Å²) in [7, 11) is -2.01. The van der Waals surface area contributed by atoms with E-state index in [1.807, 2.05) is 27.7 Å². The molecule has 1 heterocycles. The number of carbonyl (C=O) groups excluding carboxylic acids is 1. The number of azide groups is 1. The van der Waals surface area contributed by atoms with E-state index in [1.165, 1.54) is 0 Å². The molecule has 25 heavy (non-hydrogen) atoms. The van der Waals surface area contributed by atoms with Crippen molar-refractivity contribution in [2.45, 2.75) is 96.8 Å². The van der Waals surface area contributed by atoms with Crippen LogP contribution in [0.25, 0.3) is 10.4 Å². The molecule has 8 heteroatoms. The maximum absolute atomic E-state index is 12.6. The third kappa shape index (κ3) is 5.62. The molecule has 0 aromatic heterocycles. The van der Waals surface area contributed by atoms with Crippen LogP contribution in [0, 0.1) is 0 Å². The van der Waals surface area contributed by atoms with Gasteiger partial charge in [0.05, 0.1) is 18.2 Å². The van der Waals surface area contributed by atoms with Crippen LogP contribution < -0.4 is 0 Å². The van der Waals surface area contributed by atoms with E-state index in [1.54, 1.807) is 4.90 Å². The number of nitrogens with zero attached hydrogens (tertiary/aromatic N) is 4. The first kappa shape index (κ1) is 21.8. The summed E-state index contributed by atoms with van der Waals surface area (Å²) in [4.78, 5) is 17.2. The molecule has 1 aliphatic heterocycles. The predicted octanol–water partition coefficient (Wildman–Crippen LogP) is 5.09. The van der Waals surface area contributed by atoms with Crippen molar-refractivity contribution in [1.82, 2.24) is 4.90 Å². The molecular formula is C17H34N4O3Si. The Balaban J connectivity index is 3.07. The minimum atomic E-state index is -2.01. The highest BCUT2D eigenvalue weighted by Gasteiger charge is 2.47. The van der Waals surface area contributed by atoms with E-state index in [-0.39, 0.29) is 29.3 Å². The van der Waals surface area contributed by atoms with Gasteiger partial charge in [0.15, 0.2) is 8.32 Å². The Labute approximate surface area is 152 Å². The van der Waals surface area contributed by atoms with Crippen molar-refractivity contribution in [3.8, 4) is 0 Å². The highest BCUT2D eigenvalue weighted by Crippen LogP contribution is 2.40. The maximum atomic E-state index is 12.6. The highest BCUT2D eigenvalue weighted by molar-refractivity contribution is 6.74. The average Bonchev–Trinajstić information content (AvgIpc) is 2.78. The van der Waals surface area contributed by atoms with Crippen LogP contribution in [0.4, 0.5) is 4.79 Å². The molecule has 0 spiro atoms. The number of rotatable bonds is 4. The SMILES string of the molecule is C[C@@H](N=[N+]=[N-])[C@@H]1[C@@H](O[Si](C)(C)C(C)(C)C)CCN1C(=O)OC(C)(C)C. The Morgan fingerprint density at radius 1 is 1.28 bits per heavy atom. The Hall–Kier alpha value is -1.24. The molecule has 1 rings (SSSR count). The van der Waals surface area contributed by atoms with Gasteiger partial charge >= 0.3 is 6.09 Å². The fraction of sp³-hybridized carbons (Fsp3) is 0.941. The number of ether oxygens (including phenoxy) is 1. The maximum Gasteiger partial charge on any atom is 0.410 e. The Morgan fingerprint density at radius 2 is 1.84 bits per heavy atom. The summed E-state index contributed by atoms with van der Waals surface area (Å²) in [6.07, 6.45) is 0.203. The van der Waals surface area contributed by atoms with E-state index >= 15 is 0 Å². The monoisotopic (exact) mass is 370 g/mol. The van der Waals surface area contributed by atoms with E-state index in [0.717, 1.165) is 6.42 Å². The summed E-state index contributed by atoms with van der Waals surface area (Å²) >= 11 is 0. The number of amides is 1. The first-order chi connectivity index (χ1) is 11.2. The molecule has 0 bridgehead atoms. The fourth-order valence-corrected chi connectivity index (χ4v) is 4.09. The van der Waals surface area contributed by atoms with Crippen molar-refractivity contribution < 1.29 is 14.0 Å². The first-order valence-corrected chi connectivity index (χ1v) is 11.8. The van der Waals surface area contributed by atoms with Gasteiger partial charge in [0, 0.05) is 11.5 Å². The summed E-state index contributed by atoms with van der Waals surface area (Å²) < 4.78 is 12.1. The van der Waals surface area contributed by atoms with Gasteiger partial charge in [-0.3, -0.25) is 0 Å². The zero-order valence-electron chi connectivity index (χ0n) is 17.2. The molecule has 0 radical (unpaired) electrons. The van der Waals surface area contributed by atoms with E-state index < -0.39 is 13.9 Å². The minimum Gasteiger partial charge on any atom is -0.444 e. The molecule has 7 nitrogen and oxygen atoms in total.